The predicted octanol–water partition coefficient (Wildman–Crippen LogP) is 4.27. The summed E-state index contributed by atoms with van der Waals surface area (Å²) in [6.45, 7) is 11.7. The number of aryl methyl sites for hydroxylation is 4. The van der Waals surface area contributed by atoms with Gasteiger partial charge in [-0.1, -0.05) is 24.3 Å². The third-order valence-electron chi connectivity index (χ3n) is 5.08. The molecule has 0 aliphatic carbocycles. The van der Waals surface area contributed by atoms with Crippen molar-refractivity contribution >= 4 is 17.4 Å². The molecule has 2 aromatic carbocycles. The Hall–Kier alpha value is -2.49. The lowest BCUT2D eigenvalue weighted by molar-refractivity contribution is 0.208. The fourth-order valence-electron chi connectivity index (χ4n) is 3.46. The summed E-state index contributed by atoms with van der Waals surface area (Å²) in [6, 6.07) is 12.4. The van der Waals surface area contributed by atoms with Crippen LogP contribution in [-0.4, -0.2) is 37.1 Å². The highest BCUT2D eigenvalue weighted by Gasteiger charge is 2.23. The number of rotatable bonds is 2. The van der Waals surface area contributed by atoms with E-state index in [-0.39, 0.29) is 6.03 Å². The van der Waals surface area contributed by atoms with Gasteiger partial charge in [0.05, 0.1) is 0 Å². The molecule has 132 valence electrons. The van der Waals surface area contributed by atoms with Crippen molar-refractivity contribution in [1.82, 2.24) is 4.90 Å². The second-order valence-corrected chi connectivity index (χ2v) is 6.94. The number of anilines is 2. The molecule has 0 radical (unpaired) electrons. The van der Waals surface area contributed by atoms with Gasteiger partial charge in [-0.05, 0) is 62.1 Å². The van der Waals surface area contributed by atoms with Gasteiger partial charge in [-0.2, -0.15) is 0 Å². The number of hydrogen-bond donors (Lipinski definition) is 1. The molecular weight excluding hydrogens is 310 g/mol. The number of nitrogens with one attached hydrogen (secondary N) is 1. The number of benzene rings is 2. The number of para-hydroxylation sites is 1. The maximum atomic E-state index is 12.5. The quantitative estimate of drug-likeness (QED) is 0.888. The van der Waals surface area contributed by atoms with Crippen LogP contribution in [0.3, 0.4) is 0 Å². The SMILES string of the molecule is Cc1ccc(NC(=O)N2CCN(c3c(C)cccc3C)CC2)cc1C. The highest BCUT2D eigenvalue weighted by Crippen LogP contribution is 2.25. The van der Waals surface area contributed by atoms with Crippen LogP contribution in [0.2, 0.25) is 0 Å². The molecule has 3 rings (SSSR count). The van der Waals surface area contributed by atoms with Crippen molar-refractivity contribution in [2.75, 3.05) is 36.4 Å². The molecule has 1 N–H and O–H groups in total. The summed E-state index contributed by atoms with van der Waals surface area (Å²) < 4.78 is 0. The van der Waals surface area contributed by atoms with Gasteiger partial charge < -0.3 is 15.1 Å². The molecule has 0 saturated carbocycles. The van der Waals surface area contributed by atoms with Crippen LogP contribution >= 0.6 is 0 Å². The zero-order chi connectivity index (χ0) is 18.0. The van der Waals surface area contributed by atoms with E-state index < -0.39 is 0 Å². The van der Waals surface area contributed by atoms with Gasteiger partial charge >= 0.3 is 6.03 Å². The number of hydrogen-bond acceptors (Lipinski definition) is 2. The molecule has 1 heterocycles. The molecule has 0 spiro atoms. The number of carbonyl (C=O) groups excluding carboxylic acids is 1. The number of carbonyl (C=O) groups is 1. The second-order valence-electron chi connectivity index (χ2n) is 6.94. The highest BCUT2D eigenvalue weighted by molar-refractivity contribution is 5.89. The number of piperazine rings is 1. The zero-order valence-electron chi connectivity index (χ0n) is 15.6. The fraction of sp³-hybridized carbons (Fsp3) is 0.381. The van der Waals surface area contributed by atoms with Gasteiger partial charge in [0, 0.05) is 37.6 Å². The van der Waals surface area contributed by atoms with Crippen LogP contribution in [0.1, 0.15) is 22.3 Å². The lowest BCUT2D eigenvalue weighted by atomic mass is 10.1. The van der Waals surface area contributed by atoms with Crippen molar-refractivity contribution in [3.63, 3.8) is 0 Å². The molecule has 2 amide bonds. The van der Waals surface area contributed by atoms with Gasteiger partial charge in [0.1, 0.15) is 0 Å². The van der Waals surface area contributed by atoms with E-state index in [1.165, 1.54) is 27.9 Å². The van der Waals surface area contributed by atoms with Gasteiger partial charge in [-0.15, -0.1) is 0 Å². The van der Waals surface area contributed by atoms with Crippen molar-refractivity contribution in [1.29, 1.82) is 0 Å². The molecule has 0 atom stereocenters. The molecule has 0 bridgehead atoms. The summed E-state index contributed by atoms with van der Waals surface area (Å²) in [4.78, 5) is 16.8. The van der Waals surface area contributed by atoms with Gasteiger partial charge in [0.2, 0.25) is 0 Å². The van der Waals surface area contributed by atoms with Gasteiger partial charge in [0.25, 0.3) is 0 Å². The van der Waals surface area contributed by atoms with Crippen molar-refractivity contribution in [3.8, 4) is 0 Å². The first-order chi connectivity index (χ1) is 12.0. The van der Waals surface area contributed by atoms with E-state index in [2.05, 4.69) is 56.1 Å². The fourth-order valence-corrected chi connectivity index (χ4v) is 3.46. The minimum Gasteiger partial charge on any atom is -0.368 e. The lowest BCUT2D eigenvalue weighted by Gasteiger charge is -2.37. The van der Waals surface area contributed by atoms with Gasteiger partial charge in [-0.25, -0.2) is 4.79 Å². The van der Waals surface area contributed by atoms with E-state index >= 15 is 0 Å². The molecule has 1 aliphatic rings. The summed E-state index contributed by atoms with van der Waals surface area (Å²) in [5.74, 6) is 0. The standard InChI is InChI=1S/C21H27N3O/c1-15-8-9-19(14-18(15)4)22-21(25)24-12-10-23(11-13-24)20-16(2)6-5-7-17(20)3/h5-9,14H,10-13H2,1-4H3,(H,22,25). The van der Waals surface area contributed by atoms with Crippen molar-refractivity contribution < 1.29 is 4.79 Å². The Morgan fingerprint density at radius 2 is 1.48 bits per heavy atom. The third-order valence-corrected chi connectivity index (χ3v) is 5.08. The van der Waals surface area contributed by atoms with Crippen LogP contribution in [0.5, 0.6) is 0 Å². The van der Waals surface area contributed by atoms with E-state index in [0.29, 0.717) is 0 Å². The number of nitrogens with zero attached hydrogens (tertiary/aromatic N) is 2. The normalized spacial score (nSPS) is 14.6. The molecular formula is C21H27N3O. The molecule has 4 nitrogen and oxygen atoms in total. The van der Waals surface area contributed by atoms with E-state index in [1.807, 2.05) is 23.1 Å². The first kappa shape index (κ1) is 17.3. The van der Waals surface area contributed by atoms with Crippen LogP contribution < -0.4 is 10.2 Å². The van der Waals surface area contributed by atoms with Crippen LogP contribution in [-0.2, 0) is 0 Å². The first-order valence-electron chi connectivity index (χ1n) is 8.90. The highest BCUT2D eigenvalue weighted by atomic mass is 16.2. The Bertz CT molecular complexity index is 756. The van der Waals surface area contributed by atoms with Crippen LogP contribution in [0.15, 0.2) is 36.4 Å². The third kappa shape index (κ3) is 3.78. The first-order valence-corrected chi connectivity index (χ1v) is 8.90. The maximum Gasteiger partial charge on any atom is 0.321 e. The summed E-state index contributed by atoms with van der Waals surface area (Å²) >= 11 is 0. The Morgan fingerprint density at radius 1 is 0.840 bits per heavy atom. The van der Waals surface area contributed by atoms with Crippen molar-refractivity contribution in [2.24, 2.45) is 0 Å². The molecule has 1 saturated heterocycles. The molecule has 1 fully saturated rings. The predicted molar refractivity (Wildman–Crippen MR) is 105 cm³/mol. The van der Waals surface area contributed by atoms with Gasteiger partial charge in [-0.3, -0.25) is 0 Å². The largest absolute Gasteiger partial charge is 0.368 e. The maximum absolute atomic E-state index is 12.5. The van der Waals surface area contributed by atoms with E-state index in [4.69, 9.17) is 0 Å². The average Bonchev–Trinajstić information content (AvgIpc) is 2.58. The molecule has 0 unspecified atom stereocenters. The number of amides is 2. The summed E-state index contributed by atoms with van der Waals surface area (Å²) in [5, 5.41) is 3.03. The molecule has 25 heavy (non-hydrogen) atoms. The molecule has 2 aromatic rings. The smallest absolute Gasteiger partial charge is 0.321 e. The zero-order valence-corrected chi connectivity index (χ0v) is 15.6. The lowest BCUT2D eigenvalue weighted by Crippen LogP contribution is -2.50. The minimum atomic E-state index is -0.00981. The summed E-state index contributed by atoms with van der Waals surface area (Å²) in [7, 11) is 0. The summed E-state index contributed by atoms with van der Waals surface area (Å²) in [6.07, 6.45) is 0. The van der Waals surface area contributed by atoms with Crippen LogP contribution in [0, 0.1) is 27.7 Å². The minimum absolute atomic E-state index is 0.00981. The monoisotopic (exact) mass is 337 g/mol. The van der Waals surface area contributed by atoms with E-state index in [9.17, 15) is 4.79 Å². The molecule has 4 heteroatoms. The van der Waals surface area contributed by atoms with Crippen molar-refractivity contribution in [2.45, 2.75) is 27.7 Å². The van der Waals surface area contributed by atoms with Crippen LogP contribution in [0.25, 0.3) is 0 Å². The molecule has 1 aliphatic heterocycles. The number of urea groups is 1. The van der Waals surface area contributed by atoms with Gasteiger partial charge in [0.15, 0.2) is 0 Å². The Morgan fingerprint density at radius 3 is 2.08 bits per heavy atom. The molecule has 0 aromatic heterocycles. The Labute approximate surface area is 150 Å². The topological polar surface area (TPSA) is 35.6 Å². The second kappa shape index (κ2) is 7.18. The Kier molecular flexibility index (Phi) is 4.98. The van der Waals surface area contributed by atoms with E-state index in [0.717, 1.165) is 31.9 Å². The Balaban J connectivity index is 1.62. The summed E-state index contributed by atoms with van der Waals surface area (Å²) in [5.41, 5.74) is 7.21. The van der Waals surface area contributed by atoms with Crippen molar-refractivity contribution in [3.05, 3.63) is 58.7 Å². The van der Waals surface area contributed by atoms with Crippen LogP contribution in [0.4, 0.5) is 16.2 Å². The van der Waals surface area contributed by atoms with E-state index in [1.54, 1.807) is 0 Å². The average molecular weight is 337 g/mol.